The molecular weight excluding hydrogens is 230 g/mol. The molecule has 5 heteroatoms. The number of rotatable bonds is 3. The Balaban J connectivity index is 2.45. The zero-order chi connectivity index (χ0) is 13.3. The lowest BCUT2D eigenvalue weighted by Crippen LogP contribution is -2.24. The van der Waals surface area contributed by atoms with Crippen LogP contribution in [0.25, 0.3) is 0 Å². The SMILES string of the molecule is COc1c(C(O)C2(C#N)CCCC2)c(C)nn1C. The Morgan fingerprint density at radius 1 is 1.50 bits per heavy atom. The van der Waals surface area contributed by atoms with Crippen molar-refractivity contribution in [3.05, 3.63) is 11.3 Å². The van der Waals surface area contributed by atoms with Crippen molar-refractivity contribution < 1.29 is 9.84 Å². The molecule has 0 aliphatic heterocycles. The van der Waals surface area contributed by atoms with Gasteiger partial charge < -0.3 is 9.84 Å². The van der Waals surface area contributed by atoms with Crippen molar-refractivity contribution in [3.8, 4) is 11.9 Å². The van der Waals surface area contributed by atoms with Gasteiger partial charge in [0.1, 0.15) is 6.10 Å². The van der Waals surface area contributed by atoms with E-state index in [0.29, 0.717) is 11.4 Å². The van der Waals surface area contributed by atoms with Crippen molar-refractivity contribution in [2.45, 2.75) is 38.7 Å². The molecule has 1 saturated carbocycles. The molecule has 5 nitrogen and oxygen atoms in total. The van der Waals surface area contributed by atoms with Crippen LogP contribution in [0.4, 0.5) is 0 Å². The lowest BCUT2D eigenvalue weighted by atomic mass is 9.78. The molecule has 1 unspecified atom stereocenters. The smallest absolute Gasteiger partial charge is 0.217 e. The molecular formula is C13H19N3O2. The molecule has 18 heavy (non-hydrogen) atoms. The first-order chi connectivity index (χ1) is 8.55. The highest BCUT2D eigenvalue weighted by Crippen LogP contribution is 2.49. The van der Waals surface area contributed by atoms with Gasteiger partial charge in [-0.25, -0.2) is 4.68 Å². The summed E-state index contributed by atoms with van der Waals surface area (Å²) in [7, 11) is 3.33. The summed E-state index contributed by atoms with van der Waals surface area (Å²) >= 11 is 0. The number of hydrogen-bond acceptors (Lipinski definition) is 4. The van der Waals surface area contributed by atoms with E-state index in [0.717, 1.165) is 31.4 Å². The molecule has 0 bridgehead atoms. The van der Waals surface area contributed by atoms with Gasteiger partial charge in [-0.1, -0.05) is 12.8 Å². The van der Waals surface area contributed by atoms with Gasteiger partial charge in [-0.2, -0.15) is 10.4 Å². The number of methoxy groups -OCH3 is 1. The van der Waals surface area contributed by atoms with Crippen LogP contribution in [0.2, 0.25) is 0 Å². The van der Waals surface area contributed by atoms with Crippen LogP contribution in [0.15, 0.2) is 0 Å². The Morgan fingerprint density at radius 2 is 2.11 bits per heavy atom. The Hall–Kier alpha value is -1.54. The van der Waals surface area contributed by atoms with Crippen LogP contribution in [0, 0.1) is 23.7 Å². The topological polar surface area (TPSA) is 71.1 Å². The Kier molecular flexibility index (Phi) is 3.31. The maximum atomic E-state index is 10.6. The molecule has 1 aromatic heterocycles. The van der Waals surface area contributed by atoms with Gasteiger partial charge in [-0.3, -0.25) is 0 Å². The molecule has 1 fully saturated rings. The predicted octanol–water partition coefficient (Wildman–Crippen LogP) is 1.85. The molecule has 98 valence electrons. The molecule has 1 heterocycles. The van der Waals surface area contributed by atoms with Gasteiger partial charge in [0.2, 0.25) is 5.88 Å². The fraction of sp³-hybridized carbons (Fsp3) is 0.692. The van der Waals surface area contributed by atoms with Gasteiger partial charge in [0, 0.05) is 7.05 Å². The third-order valence-electron chi connectivity index (χ3n) is 3.92. The highest BCUT2D eigenvalue weighted by molar-refractivity contribution is 5.36. The maximum absolute atomic E-state index is 10.6. The number of aryl methyl sites for hydroxylation is 2. The Bertz CT molecular complexity index is 481. The third kappa shape index (κ3) is 1.77. The normalized spacial score (nSPS) is 19.5. The first-order valence-corrected chi connectivity index (χ1v) is 6.22. The molecule has 1 N–H and O–H groups in total. The monoisotopic (exact) mass is 249 g/mol. The molecule has 0 spiro atoms. The van der Waals surface area contributed by atoms with Crippen LogP contribution < -0.4 is 4.74 Å². The maximum Gasteiger partial charge on any atom is 0.217 e. The molecule has 0 amide bonds. The van der Waals surface area contributed by atoms with Crippen LogP contribution in [0.3, 0.4) is 0 Å². The van der Waals surface area contributed by atoms with E-state index in [4.69, 9.17) is 4.74 Å². The summed E-state index contributed by atoms with van der Waals surface area (Å²) in [5, 5.41) is 24.3. The minimum atomic E-state index is -0.825. The van der Waals surface area contributed by atoms with Crippen molar-refractivity contribution in [2.75, 3.05) is 7.11 Å². The highest BCUT2D eigenvalue weighted by atomic mass is 16.5. The first kappa shape index (κ1) is 12.9. The standard InChI is InChI=1S/C13H19N3O2/c1-9-10(12(18-3)16(2)15-9)11(17)13(8-14)6-4-5-7-13/h11,17H,4-7H2,1-3H3. The molecule has 1 aromatic rings. The Morgan fingerprint density at radius 3 is 2.61 bits per heavy atom. The molecule has 0 radical (unpaired) electrons. The molecule has 2 rings (SSSR count). The van der Waals surface area contributed by atoms with Gasteiger partial charge in [-0.05, 0) is 19.8 Å². The van der Waals surface area contributed by atoms with Crippen molar-refractivity contribution in [1.29, 1.82) is 5.26 Å². The fourth-order valence-corrected chi connectivity index (χ4v) is 2.94. The number of hydrogen-bond donors (Lipinski definition) is 1. The van der Waals surface area contributed by atoms with Crippen molar-refractivity contribution >= 4 is 0 Å². The second-order valence-corrected chi connectivity index (χ2v) is 5.01. The Labute approximate surface area is 107 Å². The lowest BCUT2D eigenvalue weighted by Gasteiger charge is -2.27. The summed E-state index contributed by atoms with van der Waals surface area (Å²) in [4.78, 5) is 0. The second kappa shape index (κ2) is 4.62. The van der Waals surface area contributed by atoms with E-state index < -0.39 is 11.5 Å². The molecule has 0 aromatic carbocycles. The van der Waals surface area contributed by atoms with Gasteiger partial charge in [0.05, 0.1) is 29.9 Å². The van der Waals surface area contributed by atoms with E-state index in [2.05, 4.69) is 11.2 Å². The molecule has 1 aliphatic rings. The van der Waals surface area contributed by atoms with E-state index >= 15 is 0 Å². The van der Waals surface area contributed by atoms with E-state index in [9.17, 15) is 10.4 Å². The predicted molar refractivity (Wildman–Crippen MR) is 66.0 cm³/mol. The second-order valence-electron chi connectivity index (χ2n) is 5.01. The summed E-state index contributed by atoms with van der Waals surface area (Å²) in [6.45, 7) is 1.83. The van der Waals surface area contributed by atoms with Crippen LogP contribution in [-0.4, -0.2) is 22.0 Å². The fourth-order valence-electron chi connectivity index (χ4n) is 2.94. The van der Waals surface area contributed by atoms with Gasteiger partial charge >= 0.3 is 0 Å². The summed E-state index contributed by atoms with van der Waals surface area (Å²) < 4.78 is 6.90. The largest absolute Gasteiger partial charge is 0.481 e. The zero-order valence-electron chi connectivity index (χ0n) is 11.1. The van der Waals surface area contributed by atoms with E-state index in [1.807, 2.05) is 6.92 Å². The molecule has 0 saturated heterocycles. The number of aromatic nitrogens is 2. The summed E-state index contributed by atoms with van der Waals surface area (Å²) in [6.07, 6.45) is 2.64. The summed E-state index contributed by atoms with van der Waals surface area (Å²) in [6, 6.07) is 2.32. The first-order valence-electron chi connectivity index (χ1n) is 6.22. The van der Waals surface area contributed by atoms with E-state index in [1.165, 1.54) is 0 Å². The minimum Gasteiger partial charge on any atom is -0.481 e. The number of nitriles is 1. The number of ether oxygens (including phenoxy) is 1. The quantitative estimate of drug-likeness (QED) is 0.887. The molecule has 1 aliphatic carbocycles. The average molecular weight is 249 g/mol. The van der Waals surface area contributed by atoms with Gasteiger partial charge in [0.15, 0.2) is 0 Å². The lowest BCUT2D eigenvalue weighted by molar-refractivity contribution is 0.0640. The number of aliphatic hydroxyl groups excluding tert-OH is 1. The van der Waals surface area contributed by atoms with Crippen molar-refractivity contribution in [2.24, 2.45) is 12.5 Å². The zero-order valence-corrected chi connectivity index (χ0v) is 11.1. The van der Waals surface area contributed by atoms with Crippen LogP contribution >= 0.6 is 0 Å². The van der Waals surface area contributed by atoms with E-state index in [-0.39, 0.29) is 0 Å². The van der Waals surface area contributed by atoms with Crippen LogP contribution in [0.1, 0.15) is 43.0 Å². The minimum absolute atomic E-state index is 0.543. The summed E-state index contributed by atoms with van der Waals surface area (Å²) in [5.41, 5.74) is 0.702. The third-order valence-corrected chi connectivity index (χ3v) is 3.92. The molecule has 1 atom stereocenters. The highest BCUT2D eigenvalue weighted by Gasteiger charge is 2.44. The van der Waals surface area contributed by atoms with Crippen molar-refractivity contribution in [1.82, 2.24) is 9.78 Å². The number of aliphatic hydroxyl groups is 1. The number of nitrogens with zero attached hydrogens (tertiary/aromatic N) is 3. The van der Waals surface area contributed by atoms with Crippen LogP contribution in [0.5, 0.6) is 5.88 Å². The average Bonchev–Trinajstić information content (AvgIpc) is 2.93. The van der Waals surface area contributed by atoms with E-state index in [1.54, 1.807) is 18.8 Å². The van der Waals surface area contributed by atoms with Gasteiger partial charge in [-0.15, -0.1) is 0 Å². The van der Waals surface area contributed by atoms with Gasteiger partial charge in [0.25, 0.3) is 0 Å². The van der Waals surface area contributed by atoms with Crippen molar-refractivity contribution in [3.63, 3.8) is 0 Å². The summed E-state index contributed by atoms with van der Waals surface area (Å²) in [5.74, 6) is 0.543. The van der Waals surface area contributed by atoms with Crippen LogP contribution in [-0.2, 0) is 7.05 Å².